The second kappa shape index (κ2) is 5.25. The van der Waals surface area contributed by atoms with E-state index in [1.807, 2.05) is 29.5 Å². The van der Waals surface area contributed by atoms with E-state index in [2.05, 4.69) is 5.32 Å². The average Bonchev–Trinajstić information content (AvgIpc) is 2.19. The highest BCUT2D eigenvalue weighted by molar-refractivity contribution is 14.1. The predicted octanol–water partition coefficient (Wildman–Crippen LogP) is 2.92. The number of carbonyl (C=O) groups excluding carboxylic acids is 1. The maximum atomic E-state index is 11.9. The van der Waals surface area contributed by atoms with Crippen LogP contribution in [0.2, 0.25) is 0 Å². The van der Waals surface area contributed by atoms with Crippen LogP contribution in [-0.2, 0) is 0 Å². The summed E-state index contributed by atoms with van der Waals surface area (Å²) < 4.78 is 0.756. The largest absolute Gasteiger partial charge is 0.507 e. The first kappa shape index (κ1) is 12.7. The highest BCUT2D eigenvalue weighted by Crippen LogP contribution is 2.29. The van der Waals surface area contributed by atoms with Crippen molar-refractivity contribution in [3.8, 4) is 5.75 Å². The fraction of sp³-hybridized carbons (Fsp3) is 0.462. The van der Waals surface area contributed by atoms with Crippen molar-refractivity contribution in [1.29, 1.82) is 0 Å². The van der Waals surface area contributed by atoms with E-state index < -0.39 is 0 Å². The second-order valence-electron chi connectivity index (χ2n) is 4.62. The number of hydrogen-bond donors (Lipinski definition) is 2. The highest BCUT2D eigenvalue weighted by atomic mass is 127. The molecule has 17 heavy (non-hydrogen) atoms. The Bertz CT molecular complexity index is 429. The van der Waals surface area contributed by atoms with Gasteiger partial charge in [0.05, 0.1) is 3.57 Å². The number of aromatic hydroxyl groups is 1. The van der Waals surface area contributed by atoms with E-state index in [0.29, 0.717) is 11.5 Å². The molecule has 1 aromatic carbocycles. The van der Waals surface area contributed by atoms with Gasteiger partial charge < -0.3 is 10.4 Å². The molecular weight excluding hydrogens is 329 g/mol. The number of hydrogen-bond acceptors (Lipinski definition) is 2. The van der Waals surface area contributed by atoms with Crippen LogP contribution < -0.4 is 5.32 Å². The third-order valence-corrected chi connectivity index (χ3v) is 4.34. The van der Waals surface area contributed by atoms with Gasteiger partial charge in [-0.3, -0.25) is 4.79 Å². The zero-order chi connectivity index (χ0) is 12.4. The molecular formula is C13H16INO2. The standard InChI is InChI=1S/C13H16INO2/c1-8(9-3-2-4-9)15-13(17)10-5-6-11(14)12(16)7-10/h5-9,16H,2-4H2,1H3,(H,15,17). The van der Waals surface area contributed by atoms with Crippen LogP contribution in [0.3, 0.4) is 0 Å². The van der Waals surface area contributed by atoms with Gasteiger partial charge in [-0.1, -0.05) is 6.42 Å². The molecule has 1 saturated carbocycles. The Morgan fingerprint density at radius 1 is 1.53 bits per heavy atom. The first-order valence-corrected chi connectivity index (χ1v) is 6.95. The predicted molar refractivity (Wildman–Crippen MR) is 75.1 cm³/mol. The monoisotopic (exact) mass is 345 g/mol. The Morgan fingerprint density at radius 2 is 2.24 bits per heavy atom. The van der Waals surface area contributed by atoms with Crippen molar-refractivity contribution in [1.82, 2.24) is 5.32 Å². The van der Waals surface area contributed by atoms with E-state index in [9.17, 15) is 9.90 Å². The van der Waals surface area contributed by atoms with Crippen molar-refractivity contribution in [3.05, 3.63) is 27.3 Å². The highest BCUT2D eigenvalue weighted by Gasteiger charge is 2.25. The third kappa shape index (κ3) is 2.91. The van der Waals surface area contributed by atoms with E-state index in [1.54, 1.807) is 12.1 Å². The molecule has 1 aliphatic carbocycles. The molecule has 1 aromatic rings. The molecule has 4 heteroatoms. The van der Waals surface area contributed by atoms with Gasteiger partial charge in [-0.25, -0.2) is 0 Å². The molecule has 0 saturated heterocycles. The topological polar surface area (TPSA) is 49.3 Å². The van der Waals surface area contributed by atoms with Crippen LogP contribution in [0, 0.1) is 9.49 Å². The summed E-state index contributed by atoms with van der Waals surface area (Å²) in [6, 6.07) is 5.23. The van der Waals surface area contributed by atoms with Gasteiger partial charge in [-0.2, -0.15) is 0 Å². The molecule has 0 radical (unpaired) electrons. The summed E-state index contributed by atoms with van der Waals surface area (Å²) in [6.45, 7) is 2.05. The van der Waals surface area contributed by atoms with Crippen molar-refractivity contribution in [2.75, 3.05) is 0 Å². The van der Waals surface area contributed by atoms with Crippen molar-refractivity contribution in [2.24, 2.45) is 5.92 Å². The van der Waals surface area contributed by atoms with Gasteiger partial charge in [0.1, 0.15) is 5.75 Å². The minimum absolute atomic E-state index is 0.101. The number of phenolic OH excluding ortho intramolecular Hbond substituents is 1. The molecule has 1 fully saturated rings. The molecule has 2 N–H and O–H groups in total. The molecule has 0 aliphatic heterocycles. The van der Waals surface area contributed by atoms with Gasteiger partial charge in [-0.15, -0.1) is 0 Å². The fourth-order valence-electron chi connectivity index (χ4n) is 2.00. The van der Waals surface area contributed by atoms with E-state index >= 15 is 0 Å². The van der Waals surface area contributed by atoms with Gasteiger partial charge in [0.25, 0.3) is 5.91 Å². The number of nitrogens with one attached hydrogen (secondary N) is 1. The molecule has 0 heterocycles. The summed E-state index contributed by atoms with van der Waals surface area (Å²) >= 11 is 2.03. The molecule has 1 amide bonds. The number of halogens is 1. The summed E-state index contributed by atoms with van der Waals surface area (Å²) in [6.07, 6.45) is 3.69. The van der Waals surface area contributed by atoms with Crippen molar-refractivity contribution >= 4 is 28.5 Å². The number of benzene rings is 1. The Balaban J connectivity index is 2.01. The minimum Gasteiger partial charge on any atom is -0.507 e. The second-order valence-corrected chi connectivity index (χ2v) is 5.78. The summed E-state index contributed by atoms with van der Waals surface area (Å²) in [5.41, 5.74) is 0.522. The van der Waals surface area contributed by atoms with Gasteiger partial charge in [0, 0.05) is 11.6 Å². The molecule has 3 nitrogen and oxygen atoms in total. The molecule has 2 rings (SSSR count). The quantitative estimate of drug-likeness (QED) is 0.828. The summed E-state index contributed by atoms with van der Waals surface area (Å²) in [4.78, 5) is 11.9. The van der Waals surface area contributed by atoms with Crippen LogP contribution in [0.25, 0.3) is 0 Å². The maximum Gasteiger partial charge on any atom is 0.251 e. The van der Waals surface area contributed by atoms with E-state index in [4.69, 9.17) is 0 Å². The van der Waals surface area contributed by atoms with Crippen LogP contribution in [0.1, 0.15) is 36.5 Å². The summed E-state index contributed by atoms with van der Waals surface area (Å²) in [5.74, 6) is 0.682. The number of phenols is 1. The lowest BCUT2D eigenvalue weighted by molar-refractivity contribution is 0.0909. The summed E-state index contributed by atoms with van der Waals surface area (Å²) in [5, 5.41) is 12.6. The maximum absolute atomic E-state index is 11.9. The van der Waals surface area contributed by atoms with Gasteiger partial charge in [0.15, 0.2) is 0 Å². The van der Waals surface area contributed by atoms with Gasteiger partial charge in [-0.05, 0) is 66.5 Å². The fourth-order valence-corrected chi connectivity index (χ4v) is 2.34. The number of rotatable bonds is 3. The Kier molecular flexibility index (Phi) is 3.91. The zero-order valence-electron chi connectivity index (χ0n) is 9.74. The van der Waals surface area contributed by atoms with Gasteiger partial charge >= 0.3 is 0 Å². The molecule has 0 aromatic heterocycles. The van der Waals surface area contributed by atoms with Crippen LogP contribution in [0.4, 0.5) is 0 Å². The third-order valence-electron chi connectivity index (χ3n) is 3.42. The zero-order valence-corrected chi connectivity index (χ0v) is 11.9. The number of carbonyl (C=O) groups is 1. The van der Waals surface area contributed by atoms with Crippen molar-refractivity contribution in [3.63, 3.8) is 0 Å². The smallest absolute Gasteiger partial charge is 0.251 e. The minimum atomic E-state index is -0.101. The molecule has 92 valence electrons. The molecule has 1 unspecified atom stereocenters. The molecule has 0 spiro atoms. The van der Waals surface area contributed by atoms with E-state index in [-0.39, 0.29) is 17.7 Å². The van der Waals surface area contributed by atoms with Crippen LogP contribution in [0.5, 0.6) is 5.75 Å². The van der Waals surface area contributed by atoms with E-state index in [0.717, 1.165) is 3.57 Å². The van der Waals surface area contributed by atoms with Crippen LogP contribution >= 0.6 is 22.6 Å². The molecule has 0 bridgehead atoms. The lowest BCUT2D eigenvalue weighted by Gasteiger charge is -2.31. The van der Waals surface area contributed by atoms with Crippen molar-refractivity contribution < 1.29 is 9.90 Å². The van der Waals surface area contributed by atoms with E-state index in [1.165, 1.54) is 25.3 Å². The molecule has 1 aliphatic rings. The Labute approximate surface area is 115 Å². The first-order valence-electron chi connectivity index (χ1n) is 5.87. The van der Waals surface area contributed by atoms with Crippen molar-refractivity contribution in [2.45, 2.75) is 32.2 Å². The SMILES string of the molecule is CC(NC(=O)c1ccc(I)c(O)c1)C1CCC1. The van der Waals surface area contributed by atoms with Crippen LogP contribution in [-0.4, -0.2) is 17.1 Å². The average molecular weight is 345 g/mol. The summed E-state index contributed by atoms with van der Waals surface area (Å²) in [7, 11) is 0. The molecule has 1 atom stereocenters. The first-order chi connectivity index (χ1) is 8.08. The number of amides is 1. The normalized spacial score (nSPS) is 17.3. The Morgan fingerprint density at radius 3 is 2.76 bits per heavy atom. The Hall–Kier alpha value is -0.780. The lowest BCUT2D eigenvalue weighted by Crippen LogP contribution is -2.40. The lowest BCUT2D eigenvalue weighted by atomic mass is 9.80. The van der Waals surface area contributed by atoms with Gasteiger partial charge in [0.2, 0.25) is 0 Å². The van der Waals surface area contributed by atoms with Crippen LogP contribution in [0.15, 0.2) is 18.2 Å².